The number of Topliss-reactive ketones (excluding diaryl/α,β-unsaturated/α-hetero) is 1. The van der Waals surface area contributed by atoms with E-state index < -0.39 is 11.9 Å². The molecule has 7 nitrogen and oxygen atoms in total. The van der Waals surface area contributed by atoms with Crippen LogP contribution in [0.4, 0.5) is 5.69 Å². The van der Waals surface area contributed by atoms with Crippen molar-refractivity contribution >= 4 is 23.4 Å². The second-order valence-electron chi connectivity index (χ2n) is 5.34. The summed E-state index contributed by atoms with van der Waals surface area (Å²) in [5.41, 5.74) is 3.25. The number of carbonyl (C=O) groups excluding carboxylic acids is 2. The minimum atomic E-state index is -1.21. The first-order valence-electron chi connectivity index (χ1n) is 7.44. The molecule has 0 unspecified atom stereocenters. The first kappa shape index (κ1) is 19.2. The molecule has 0 bridgehead atoms. The number of benzene rings is 1. The number of hydrogen-bond acceptors (Lipinski definition) is 6. The molecule has 1 aromatic carbocycles. The van der Waals surface area contributed by atoms with Crippen molar-refractivity contribution in [1.29, 1.82) is 0 Å². The third-order valence-electron chi connectivity index (χ3n) is 3.61. The maximum absolute atomic E-state index is 11.9. The quantitative estimate of drug-likeness (QED) is 0.399. The van der Waals surface area contributed by atoms with E-state index in [9.17, 15) is 19.5 Å². The molecule has 0 amide bonds. The Morgan fingerprint density at radius 3 is 2.25 bits per heavy atom. The van der Waals surface area contributed by atoms with E-state index >= 15 is 0 Å². The van der Waals surface area contributed by atoms with Gasteiger partial charge in [0.15, 0.2) is 5.78 Å². The summed E-state index contributed by atoms with van der Waals surface area (Å²) in [6, 6.07) is 2.95. The van der Waals surface area contributed by atoms with E-state index in [-0.39, 0.29) is 28.2 Å². The van der Waals surface area contributed by atoms with Crippen molar-refractivity contribution in [2.45, 2.75) is 40.5 Å². The van der Waals surface area contributed by atoms with Crippen molar-refractivity contribution in [3.8, 4) is 5.75 Å². The first-order valence-corrected chi connectivity index (χ1v) is 7.44. The Bertz CT molecular complexity index is 705. The SMILES string of the molecule is CCCc1c(NOC(=O)C(C)=C(C)C(=O)O)ccc(C(C)=O)c1O. The molecule has 0 aliphatic rings. The zero-order valence-electron chi connectivity index (χ0n) is 14.1. The molecule has 0 fully saturated rings. The topological polar surface area (TPSA) is 113 Å². The van der Waals surface area contributed by atoms with Gasteiger partial charge in [0.1, 0.15) is 5.75 Å². The Kier molecular flexibility index (Phi) is 6.52. The Morgan fingerprint density at radius 2 is 1.75 bits per heavy atom. The molecule has 3 N–H and O–H groups in total. The Labute approximate surface area is 139 Å². The lowest BCUT2D eigenvalue weighted by atomic mass is 10.0. The molecule has 130 valence electrons. The molecule has 0 aliphatic carbocycles. The summed E-state index contributed by atoms with van der Waals surface area (Å²) in [6.07, 6.45) is 1.17. The van der Waals surface area contributed by atoms with Gasteiger partial charge >= 0.3 is 11.9 Å². The van der Waals surface area contributed by atoms with Crippen LogP contribution in [-0.2, 0) is 20.8 Å². The van der Waals surface area contributed by atoms with Crippen molar-refractivity contribution in [3.05, 3.63) is 34.4 Å². The van der Waals surface area contributed by atoms with Crippen LogP contribution >= 0.6 is 0 Å². The monoisotopic (exact) mass is 335 g/mol. The molecule has 0 heterocycles. The molecule has 1 aromatic rings. The van der Waals surface area contributed by atoms with Gasteiger partial charge in [-0.05, 0) is 39.3 Å². The van der Waals surface area contributed by atoms with Crippen LogP contribution in [0.1, 0.15) is 50.0 Å². The lowest BCUT2D eigenvalue weighted by Crippen LogP contribution is -2.15. The van der Waals surface area contributed by atoms with E-state index in [0.717, 1.165) is 0 Å². The molecule has 0 aliphatic heterocycles. The number of rotatable bonds is 7. The average Bonchev–Trinajstić information content (AvgIpc) is 2.53. The Balaban J connectivity index is 3.06. The van der Waals surface area contributed by atoms with Crippen molar-refractivity contribution < 1.29 is 29.4 Å². The van der Waals surface area contributed by atoms with Crippen LogP contribution in [0.15, 0.2) is 23.3 Å². The van der Waals surface area contributed by atoms with Gasteiger partial charge in [0.2, 0.25) is 0 Å². The van der Waals surface area contributed by atoms with Crippen LogP contribution in [0.2, 0.25) is 0 Å². The molecule has 0 radical (unpaired) electrons. The fourth-order valence-electron chi connectivity index (χ4n) is 2.01. The highest BCUT2D eigenvalue weighted by Gasteiger charge is 2.18. The average molecular weight is 335 g/mol. The third-order valence-corrected chi connectivity index (χ3v) is 3.61. The number of anilines is 1. The van der Waals surface area contributed by atoms with Gasteiger partial charge < -0.3 is 15.1 Å². The van der Waals surface area contributed by atoms with Crippen molar-refractivity contribution in [2.75, 3.05) is 5.48 Å². The number of phenols is 1. The van der Waals surface area contributed by atoms with E-state index in [1.54, 1.807) is 0 Å². The standard InChI is InChI=1S/C17H21NO6/c1-5-6-13-14(8-7-12(11(4)19)15(13)20)18-24-17(23)10(3)9(2)16(21)22/h7-8,18,20H,5-6H2,1-4H3,(H,21,22). The summed E-state index contributed by atoms with van der Waals surface area (Å²) in [6.45, 7) is 5.89. The molecule has 24 heavy (non-hydrogen) atoms. The molecule has 0 atom stereocenters. The van der Waals surface area contributed by atoms with Gasteiger partial charge in [0.25, 0.3) is 0 Å². The van der Waals surface area contributed by atoms with Gasteiger partial charge in [-0.1, -0.05) is 13.3 Å². The van der Waals surface area contributed by atoms with Gasteiger partial charge in [-0.15, -0.1) is 0 Å². The first-order chi connectivity index (χ1) is 11.2. The fourth-order valence-corrected chi connectivity index (χ4v) is 2.01. The minimum absolute atomic E-state index is 0.0448. The van der Waals surface area contributed by atoms with Crippen LogP contribution in [0, 0.1) is 0 Å². The summed E-state index contributed by atoms with van der Waals surface area (Å²) in [5, 5.41) is 19.1. The fraction of sp³-hybridized carbons (Fsp3) is 0.353. The predicted octanol–water partition coefficient (Wildman–Crippen LogP) is 2.84. The number of carboxylic acids is 1. The zero-order valence-corrected chi connectivity index (χ0v) is 14.1. The molecule has 0 aromatic heterocycles. The Hall–Kier alpha value is -2.83. The van der Waals surface area contributed by atoms with Crippen LogP contribution in [-0.4, -0.2) is 27.9 Å². The van der Waals surface area contributed by atoms with Gasteiger partial charge in [-0.25, -0.2) is 15.1 Å². The second kappa shape index (κ2) is 8.14. The van der Waals surface area contributed by atoms with Gasteiger partial charge in [-0.3, -0.25) is 4.79 Å². The van der Waals surface area contributed by atoms with E-state index in [0.29, 0.717) is 24.1 Å². The summed E-state index contributed by atoms with van der Waals surface area (Å²) in [5.74, 6) is -2.48. The summed E-state index contributed by atoms with van der Waals surface area (Å²) in [7, 11) is 0. The van der Waals surface area contributed by atoms with Gasteiger partial charge in [0, 0.05) is 16.7 Å². The molecule has 0 saturated heterocycles. The van der Waals surface area contributed by atoms with E-state index in [2.05, 4.69) is 5.48 Å². The van der Waals surface area contributed by atoms with Gasteiger partial charge in [0.05, 0.1) is 11.3 Å². The largest absolute Gasteiger partial charge is 0.507 e. The van der Waals surface area contributed by atoms with Gasteiger partial charge in [-0.2, -0.15) is 0 Å². The van der Waals surface area contributed by atoms with Crippen molar-refractivity contribution in [1.82, 2.24) is 0 Å². The number of carboxylic acid groups (broad SMARTS) is 1. The third kappa shape index (κ3) is 4.34. The van der Waals surface area contributed by atoms with Crippen molar-refractivity contribution in [2.24, 2.45) is 0 Å². The maximum atomic E-state index is 11.9. The normalized spacial score (nSPS) is 11.5. The smallest absolute Gasteiger partial charge is 0.359 e. The van der Waals surface area contributed by atoms with E-state index in [1.807, 2.05) is 6.92 Å². The summed E-state index contributed by atoms with van der Waals surface area (Å²) < 4.78 is 0. The number of phenolic OH excluding ortho intramolecular Hbond substituents is 1. The lowest BCUT2D eigenvalue weighted by molar-refractivity contribution is -0.138. The highest BCUT2D eigenvalue weighted by atomic mass is 16.7. The van der Waals surface area contributed by atoms with E-state index in [4.69, 9.17) is 9.94 Å². The maximum Gasteiger partial charge on any atom is 0.359 e. The summed E-state index contributed by atoms with van der Waals surface area (Å²) >= 11 is 0. The second-order valence-corrected chi connectivity index (χ2v) is 5.34. The Morgan fingerprint density at radius 1 is 1.12 bits per heavy atom. The highest BCUT2D eigenvalue weighted by Crippen LogP contribution is 2.31. The molecule has 0 saturated carbocycles. The molecule has 1 rings (SSSR count). The number of aliphatic carboxylic acids is 1. The summed E-state index contributed by atoms with van der Waals surface area (Å²) in [4.78, 5) is 39.1. The van der Waals surface area contributed by atoms with E-state index in [1.165, 1.54) is 32.9 Å². The van der Waals surface area contributed by atoms with Crippen molar-refractivity contribution in [3.63, 3.8) is 0 Å². The molecule has 7 heteroatoms. The zero-order chi connectivity index (χ0) is 18.4. The number of ketones is 1. The molecular weight excluding hydrogens is 314 g/mol. The number of nitrogens with one attached hydrogen (secondary N) is 1. The minimum Gasteiger partial charge on any atom is -0.507 e. The lowest BCUT2D eigenvalue weighted by Gasteiger charge is -2.15. The molecular formula is C17H21NO6. The number of aromatic hydroxyl groups is 1. The van der Waals surface area contributed by atoms with Crippen LogP contribution in [0.5, 0.6) is 5.75 Å². The van der Waals surface area contributed by atoms with Crippen LogP contribution in [0.25, 0.3) is 0 Å². The highest BCUT2D eigenvalue weighted by molar-refractivity contribution is 5.99. The predicted molar refractivity (Wildman–Crippen MR) is 87.8 cm³/mol. The molecule has 0 spiro atoms. The number of carbonyl (C=O) groups is 3. The van der Waals surface area contributed by atoms with Crippen LogP contribution < -0.4 is 5.48 Å². The number of hydrogen-bond donors (Lipinski definition) is 3. The van der Waals surface area contributed by atoms with Crippen LogP contribution in [0.3, 0.4) is 0 Å².